The van der Waals surface area contributed by atoms with E-state index in [1.165, 1.54) is 0 Å². The summed E-state index contributed by atoms with van der Waals surface area (Å²) in [4.78, 5) is 25.6. The second-order valence-electron chi connectivity index (χ2n) is 5.59. The van der Waals surface area contributed by atoms with Gasteiger partial charge in [0.05, 0.1) is 20.8 Å². The lowest BCUT2D eigenvalue weighted by Crippen LogP contribution is -2.40. The first-order valence-corrected chi connectivity index (χ1v) is 7.89. The number of ether oxygens (including phenoxy) is 2. The molecule has 0 spiro atoms. The van der Waals surface area contributed by atoms with Crippen molar-refractivity contribution in [3.8, 4) is 11.5 Å². The summed E-state index contributed by atoms with van der Waals surface area (Å²) in [6.45, 7) is 1.19. The van der Waals surface area contributed by atoms with Crippen molar-refractivity contribution in [3.63, 3.8) is 0 Å². The highest BCUT2D eigenvalue weighted by atomic mass is 16.5. The standard InChI is InChI=1S/C17H24N2O4/c1-22-14-8-7-13(10-15(14)23-2)11-18-16(20)12-19-9-5-3-4-6-17(19)21/h7-8,10H,3-6,9,11-12H2,1-2H3,(H,18,20). The predicted octanol–water partition coefficient (Wildman–Crippen LogP) is 1.72. The molecular formula is C17H24N2O4. The van der Waals surface area contributed by atoms with Gasteiger partial charge in [0.2, 0.25) is 11.8 Å². The van der Waals surface area contributed by atoms with Gasteiger partial charge in [0.1, 0.15) is 0 Å². The minimum atomic E-state index is -0.143. The van der Waals surface area contributed by atoms with Gasteiger partial charge in [-0.1, -0.05) is 12.5 Å². The first-order valence-electron chi connectivity index (χ1n) is 7.89. The zero-order valence-electron chi connectivity index (χ0n) is 13.8. The average Bonchev–Trinajstić information content (AvgIpc) is 2.77. The molecule has 0 unspecified atom stereocenters. The molecule has 1 aromatic carbocycles. The number of nitrogens with one attached hydrogen (secondary N) is 1. The summed E-state index contributed by atoms with van der Waals surface area (Å²) in [5.74, 6) is 1.21. The van der Waals surface area contributed by atoms with E-state index >= 15 is 0 Å². The van der Waals surface area contributed by atoms with Crippen molar-refractivity contribution >= 4 is 11.8 Å². The van der Waals surface area contributed by atoms with Crippen LogP contribution in [0.25, 0.3) is 0 Å². The molecule has 0 aliphatic carbocycles. The van der Waals surface area contributed by atoms with E-state index in [9.17, 15) is 9.59 Å². The van der Waals surface area contributed by atoms with Crippen LogP contribution < -0.4 is 14.8 Å². The van der Waals surface area contributed by atoms with Crippen molar-refractivity contribution in [1.82, 2.24) is 10.2 Å². The summed E-state index contributed by atoms with van der Waals surface area (Å²) in [6, 6.07) is 5.51. The number of carbonyl (C=O) groups is 2. The van der Waals surface area contributed by atoms with Crippen molar-refractivity contribution in [2.45, 2.75) is 32.2 Å². The van der Waals surface area contributed by atoms with Crippen LogP contribution in [-0.2, 0) is 16.1 Å². The fraction of sp³-hybridized carbons (Fsp3) is 0.529. The zero-order valence-corrected chi connectivity index (χ0v) is 13.8. The number of likely N-dealkylation sites (tertiary alicyclic amines) is 1. The summed E-state index contributed by atoms with van der Waals surface area (Å²) in [5, 5.41) is 2.85. The maximum absolute atomic E-state index is 12.1. The number of nitrogens with zero attached hydrogens (tertiary/aromatic N) is 1. The number of methoxy groups -OCH3 is 2. The Kier molecular flexibility index (Phi) is 6.26. The molecule has 6 nitrogen and oxygen atoms in total. The second-order valence-corrected chi connectivity index (χ2v) is 5.59. The molecule has 1 saturated heterocycles. The first-order chi connectivity index (χ1) is 11.1. The lowest BCUT2D eigenvalue weighted by Gasteiger charge is -2.19. The van der Waals surface area contributed by atoms with Gasteiger partial charge in [-0.2, -0.15) is 0 Å². The molecule has 0 aromatic heterocycles. The van der Waals surface area contributed by atoms with Crippen molar-refractivity contribution in [2.75, 3.05) is 27.3 Å². The van der Waals surface area contributed by atoms with Gasteiger partial charge in [-0.05, 0) is 30.5 Å². The van der Waals surface area contributed by atoms with Crippen molar-refractivity contribution < 1.29 is 19.1 Å². The van der Waals surface area contributed by atoms with E-state index in [0.717, 1.165) is 24.8 Å². The van der Waals surface area contributed by atoms with Crippen LogP contribution in [-0.4, -0.2) is 44.0 Å². The minimum Gasteiger partial charge on any atom is -0.493 e. The molecule has 1 heterocycles. The highest BCUT2D eigenvalue weighted by Crippen LogP contribution is 2.27. The number of amides is 2. The Labute approximate surface area is 136 Å². The van der Waals surface area contributed by atoms with E-state index in [0.29, 0.717) is 31.0 Å². The zero-order chi connectivity index (χ0) is 16.7. The molecule has 0 radical (unpaired) electrons. The molecule has 2 amide bonds. The monoisotopic (exact) mass is 320 g/mol. The Morgan fingerprint density at radius 3 is 2.70 bits per heavy atom. The van der Waals surface area contributed by atoms with Crippen LogP contribution >= 0.6 is 0 Å². The normalized spacial score (nSPS) is 15.0. The number of rotatable bonds is 6. The lowest BCUT2D eigenvalue weighted by molar-refractivity contribution is -0.135. The van der Waals surface area contributed by atoms with E-state index in [1.54, 1.807) is 25.2 Å². The molecule has 0 bridgehead atoms. The molecule has 1 fully saturated rings. The van der Waals surface area contributed by atoms with Gasteiger partial charge in [0, 0.05) is 19.5 Å². The van der Waals surface area contributed by atoms with Crippen LogP contribution in [0, 0.1) is 0 Å². The summed E-state index contributed by atoms with van der Waals surface area (Å²) in [7, 11) is 3.16. The molecule has 1 N–H and O–H groups in total. The fourth-order valence-corrected chi connectivity index (χ4v) is 2.63. The van der Waals surface area contributed by atoms with Crippen molar-refractivity contribution in [2.24, 2.45) is 0 Å². The third-order valence-electron chi connectivity index (χ3n) is 3.94. The van der Waals surface area contributed by atoms with Crippen LogP contribution in [0.5, 0.6) is 11.5 Å². The fourth-order valence-electron chi connectivity index (χ4n) is 2.63. The SMILES string of the molecule is COc1ccc(CNC(=O)CN2CCCCCC2=O)cc1OC. The molecule has 23 heavy (non-hydrogen) atoms. The third kappa shape index (κ3) is 4.87. The summed E-state index contributed by atoms with van der Waals surface area (Å²) in [5.41, 5.74) is 0.915. The Hall–Kier alpha value is -2.24. The maximum atomic E-state index is 12.1. The molecule has 0 saturated carbocycles. The Bertz CT molecular complexity index is 560. The van der Waals surface area contributed by atoms with Gasteiger partial charge >= 0.3 is 0 Å². The summed E-state index contributed by atoms with van der Waals surface area (Å²) in [6.07, 6.45) is 3.48. The van der Waals surface area contributed by atoms with E-state index in [1.807, 2.05) is 12.1 Å². The lowest BCUT2D eigenvalue weighted by atomic mass is 10.2. The number of carbonyl (C=O) groups excluding carboxylic acids is 2. The van der Waals surface area contributed by atoms with Crippen molar-refractivity contribution in [1.29, 1.82) is 0 Å². The van der Waals surface area contributed by atoms with Crippen molar-refractivity contribution in [3.05, 3.63) is 23.8 Å². The van der Waals surface area contributed by atoms with E-state index in [-0.39, 0.29) is 18.4 Å². The van der Waals surface area contributed by atoms with Crippen LogP contribution in [0.15, 0.2) is 18.2 Å². The van der Waals surface area contributed by atoms with Gasteiger partial charge in [-0.25, -0.2) is 0 Å². The molecule has 1 aliphatic rings. The van der Waals surface area contributed by atoms with Crippen LogP contribution in [0.4, 0.5) is 0 Å². The maximum Gasteiger partial charge on any atom is 0.239 e. The Morgan fingerprint density at radius 1 is 1.17 bits per heavy atom. The quantitative estimate of drug-likeness (QED) is 0.866. The molecule has 6 heteroatoms. The van der Waals surface area contributed by atoms with Gasteiger partial charge < -0.3 is 19.7 Å². The van der Waals surface area contributed by atoms with E-state index in [2.05, 4.69) is 5.32 Å². The number of benzene rings is 1. The average molecular weight is 320 g/mol. The molecule has 126 valence electrons. The second kappa shape index (κ2) is 8.41. The third-order valence-corrected chi connectivity index (χ3v) is 3.94. The smallest absolute Gasteiger partial charge is 0.239 e. The highest BCUT2D eigenvalue weighted by Gasteiger charge is 2.19. The predicted molar refractivity (Wildman–Crippen MR) is 86.4 cm³/mol. The summed E-state index contributed by atoms with van der Waals surface area (Å²) >= 11 is 0. The Morgan fingerprint density at radius 2 is 1.96 bits per heavy atom. The number of hydrogen-bond donors (Lipinski definition) is 1. The van der Waals surface area contributed by atoms with Gasteiger partial charge in [0.25, 0.3) is 0 Å². The highest BCUT2D eigenvalue weighted by molar-refractivity contribution is 5.84. The largest absolute Gasteiger partial charge is 0.493 e. The van der Waals surface area contributed by atoms with Crippen LogP contribution in [0.1, 0.15) is 31.2 Å². The molecule has 0 atom stereocenters. The van der Waals surface area contributed by atoms with E-state index < -0.39 is 0 Å². The van der Waals surface area contributed by atoms with Gasteiger partial charge in [0.15, 0.2) is 11.5 Å². The Balaban J connectivity index is 1.87. The van der Waals surface area contributed by atoms with E-state index in [4.69, 9.17) is 9.47 Å². The van der Waals surface area contributed by atoms with Gasteiger partial charge in [-0.3, -0.25) is 9.59 Å². The molecule has 1 aliphatic heterocycles. The van der Waals surface area contributed by atoms with Crippen LogP contribution in [0.2, 0.25) is 0 Å². The molecule has 2 rings (SSSR count). The first kappa shape index (κ1) is 17.1. The molecular weight excluding hydrogens is 296 g/mol. The molecule has 1 aromatic rings. The van der Waals surface area contributed by atoms with Crippen LogP contribution in [0.3, 0.4) is 0 Å². The topological polar surface area (TPSA) is 67.9 Å². The van der Waals surface area contributed by atoms with Gasteiger partial charge in [-0.15, -0.1) is 0 Å². The summed E-state index contributed by atoms with van der Waals surface area (Å²) < 4.78 is 10.4. The number of hydrogen-bond acceptors (Lipinski definition) is 4. The minimum absolute atomic E-state index is 0.0729.